The molecule has 0 aliphatic carbocycles. The fraction of sp³-hybridized carbons (Fsp3) is 0.800. The molecule has 0 saturated carbocycles. The van der Waals surface area contributed by atoms with Gasteiger partial charge in [0.1, 0.15) is 0 Å². The van der Waals surface area contributed by atoms with Gasteiger partial charge in [0.15, 0.2) is 6.04 Å². The first-order valence-corrected chi connectivity index (χ1v) is 5.81. The van der Waals surface area contributed by atoms with Crippen LogP contribution in [0.4, 0.5) is 4.79 Å². The lowest BCUT2D eigenvalue weighted by atomic mass is 10.3. The van der Waals surface area contributed by atoms with Gasteiger partial charge in [-0.25, -0.2) is 9.59 Å². The molecule has 1 aliphatic rings. The first-order valence-electron chi connectivity index (χ1n) is 5.81. The van der Waals surface area contributed by atoms with Gasteiger partial charge in [0.25, 0.3) is 0 Å². The summed E-state index contributed by atoms with van der Waals surface area (Å²) >= 11 is 0. The number of nitrogens with zero attached hydrogens (tertiary/aromatic N) is 1. The number of aliphatic hydroxyl groups excluding tert-OH is 1. The number of carbonyl (C=O) groups is 2. The van der Waals surface area contributed by atoms with E-state index in [1.165, 1.54) is 0 Å². The van der Waals surface area contributed by atoms with Crippen LogP contribution in [0, 0.1) is 0 Å². The highest BCUT2D eigenvalue weighted by molar-refractivity contribution is 5.82. The molecule has 1 heterocycles. The van der Waals surface area contributed by atoms with E-state index >= 15 is 0 Å². The van der Waals surface area contributed by atoms with Crippen molar-refractivity contribution in [3.8, 4) is 0 Å². The molecule has 8 nitrogen and oxygen atoms in total. The minimum atomic E-state index is -1.27. The largest absolute Gasteiger partial charge is 0.480 e. The summed E-state index contributed by atoms with van der Waals surface area (Å²) in [4.78, 5) is 24.0. The van der Waals surface area contributed by atoms with E-state index in [2.05, 4.69) is 15.5 Å². The van der Waals surface area contributed by atoms with Crippen LogP contribution in [0.3, 0.4) is 0 Å². The third-order valence-electron chi connectivity index (χ3n) is 2.60. The highest BCUT2D eigenvalue weighted by Crippen LogP contribution is 1.94. The van der Waals surface area contributed by atoms with Gasteiger partial charge in [-0.3, -0.25) is 4.90 Å². The number of urea groups is 1. The van der Waals surface area contributed by atoms with Crippen LogP contribution in [-0.2, 0) is 9.53 Å². The van der Waals surface area contributed by atoms with Crippen molar-refractivity contribution in [3.05, 3.63) is 0 Å². The lowest BCUT2D eigenvalue weighted by Gasteiger charge is -2.26. The molecule has 0 bridgehead atoms. The molecule has 8 heteroatoms. The number of aliphatic carboxylic acids is 1. The fourth-order valence-electron chi connectivity index (χ4n) is 1.55. The van der Waals surface area contributed by atoms with Crippen LogP contribution in [0.2, 0.25) is 0 Å². The average Bonchev–Trinajstić information content (AvgIpc) is 2.37. The SMILES string of the molecule is O=C(NCCN1CCOCC1)N[C@H](CO)C(=O)O. The number of rotatable bonds is 6. The summed E-state index contributed by atoms with van der Waals surface area (Å²) in [6, 6.07) is -1.86. The summed E-state index contributed by atoms with van der Waals surface area (Å²) in [5, 5.41) is 22.1. The van der Waals surface area contributed by atoms with Crippen LogP contribution in [-0.4, -0.2) is 79.2 Å². The highest BCUT2D eigenvalue weighted by Gasteiger charge is 2.18. The molecule has 0 spiro atoms. The second-order valence-corrected chi connectivity index (χ2v) is 3.93. The Hall–Kier alpha value is -1.38. The number of hydrogen-bond acceptors (Lipinski definition) is 5. The molecule has 4 N–H and O–H groups in total. The minimum Gasteiger partial charge on any atom is -0.480 e. The number of amides is 2. The van der Waals surface area contributed by atoms with Crippen LogP contribution in [0.5, 0.6) is 0 Å². The molecule has 2 amide bonds. The van der Waals surface area contributed by atoms with Crippen molar-refractivity contribution in [3.63, 3.8) is 0 Å². The van der Waals surface area contributed by atoms with E-state index in [4.69, 9.17) is 14.9 Å². The van der Waals surface area contributed by atoms with Crippen LogP contribution >= 0.6 is 0 Å². The molecule has 1 atom stereocenters. The third kappa shape index (κ3) is 5.30. The zero-order valence-electron chi connectivity index (χ0n) is 10.1. The summed E-state index contributed by atoms with van der Waals surface area (Å²) in [7, 11) is 0. The average molecular weight is 261 g/mol. The Morgan fingerprint density at radius 2 is 2.00 bits per heavy atom. The lowest BCUT2D eigenvalue weighted by molar-refractivity contribution is -0.140. The number of hydrogen-bond donors (Lipinski definition) is 4. The normalized spacial score (nSPS) is 18.1. The molecular weight excluding hydrogens is 242 g/mol. The van der Waals surface area contributed by atoms with E-state index in [-0.39, 0.29) is 0 Å². The Kier molecular flexibility index (Phi) is 6.40. The molecule has 104 valence electrons. The zero-order chi connectivity index (χ0) is 13.4. The van der Waals surface area contributed by atoms with Gasteiger partial charge < -0.3 is 25.6 Å². The molecule has 0 aromatic carbocycles. The summed E-state index contributed by atoms with van der Waals surface area (Å²) in [6.45, 7) is 3.52. The summed E-state index contributed by atoms with van der Waals surface area (Å²) < 4.78 is 5.19. The Bertz CT molecular complexity index is 281. The van der Waals surface area contributed by atoms with Crippen molar-refractivity contribution in [2.45, 2.75) is 6.04 Å². The molecule has 0 aromatic rings. The van der Waals surface area contributed by atoms with Gasteiger partial charge in [-0.05, 0) is 0 Å². The van der Waals surface area contributed by atoms with E-state index < -0.39 is 24.6 Å². The van der Waals surface area contributed by atoms with E-state index in [1.807, 2.05) is 0 Å². The predicted molar refractivity (Wildman–Crippen MR) is 62.3 cm³/mol. The molecular formula is C10H19N3O5. The lowest BCUT2D eigenvalue weighted by Crippen LogP contribution is -2.49. The molecule has 0 radical (unpaired) electrons. The zero-order valence-corrected chi connectivity index (χ0v) is 10.1. The van der Waals surface area contributed by atoms with Gasteiger partial charge in [0.2, 0.25) is 0 Å². The van der Waals surface area contributed by atoms with Crippen molar-refractivity contribution in [2.75, 3.05) is 46.0 Å². The number of carbonyl (C=O) groups excluding carboxylic acids is 1. The number of carboxylic acid groups (broad SMARTS) is 1. The topological polar surface area (TPSA) is 111 Å². The van der Waals surface area contributed by atoms with Crippen LogP contribution in [0.1, 0.15) is 0 Å². The molecule has 18 heavy (non-hydrogen) atoms. The Labute approximate surface area is 105 Å². The van der Waals surface area contributed by atoms with Crippen molar-refractivity contribution >= 4 is 12.0 Å². The molecule has 0 unspecified atom stereocenters. The van der Waals surface area contributed by atoms with Gasteiger partial charge in [0, 0.05) is 26.2 Å². The number of morpholine rings is 1. The molecule has 1 fully saturated rings. The maximum Gasteiger partial charge on any atom is 0.328 e. The van der Waals surface area contributed by atoms with Gasteiger partial charge in [-0.15, -0.1) is 0 Å². The van der Waals surface area contributed by atoms with Gasteiger partial charge in [-0.2, -0.15) is 0 Å². The summed E-state index contributed by atoms with van der Waals surface area (Å²) in [5.74, 6) is -1.26. The van der Waals surface area contributed by atoms with E-state index in [1.54, 1.807) is 0 Å². The molecule has 0 aromatic heterocycles. The second-order valence-electron chi connectivity index (χ2n) is 3.93. The number of carboxylic acids is 1. The van der Waals surface area contributed by atoms with Crippen molar-refractivity contribution in [1.82, 2.24) is 15.5 Å². The minimum absolute atomic E-state index is 0.420. The summed E-state index contributed by atoms with van der Waals surface area (Å²) in [5.41, 5.74) is 0. The van der Waals surface area contributed by atoms with Crippen LogP contribution in [0.25, 0.3) is 0 Å². The number of nitrogens with one attached hydrogen (secondary N) is 2. The third-order valence-corrected chi connectivity index (χ3v) is 2.60. The second kappa shape index (κ2) is 7.85. The van der Waals surface area contributed by atoms with Gasteiger partial charge in [0.05, 0.1) is 19.8 Å². The van der Waals surface area contributed by atoms with Crippen LogP contribution < -0.4 is 10.6 Å². The molecule has 1 rings (SSSR count). The Balaban J connectivity index is 2.14. The molecule has 1 saturated heterocycles. The monoisotopic (exact) mass is 261 g/mol. The van der Waals surface area contributed by atoms with E-state index in [0.29, 0.717) is 26.3 Å². The van der Waals surface area contributed by atoms with Crippen LogP contribution in [0.15, 0.2) is 0 Å². The van der Waals surface area contributed by atoms with E-state index in [9.17, 15) is 9.59 Å². The Morgan fingerprint density at radius 3 is 2.56 bits per heavy atom. The van der Waals surface area contributed by atoms with Crippen molar-refractivity contribution < 1.29 is 24.5 Å². The maximum atomic E-state index is 11.3. The van der Waals surface area contributed by atoms with E-state index in [0.717, 1.165) is 13.1 Å². The first-order chi connectivity index (χ1) is 8.63. The summed E-state index contributed by atoms with van der Waals surface area (Å²) in [6.07, 6.45) is 0. The van der Waals surface area contributed by atoms with Gasteiger partial charge in [-0.1, -0.05) is 0 Å². The number of ether oxygens (including phenoxy) is 1. The smallest absolute Gasteiger partial charge is 0.328 e. The quantitative estimate of drug-likeness (QED) is 0.443. The van der Waals surface area contributed by atoms with Crippen molar-refractivity contribution in [1.29, 1.82) is 0 Å². The first kappa shape index (κ1) is 14.7. The standard InChI is InChI=1S/C10H19N3O5/c14-7-8(9(15)16)12-10(17)11-1-2-13-3-5-18-6-4-13/h8,14H,1-7H2,(H,15,16)(H2,11,12,17)/t8-/m1/s1. The molecule has 1 aliphatic heterocycles. The maximum absolute atomic E-state index is 11.3. The predicted octanol–water partition coefficient (Wildman–Crippen LogP) is -1.94. The highest BCUT2D eigenvalue weighted by atomic mass is 16.5. The van der Waals surface area contributed by atoms with Gasteiger partial charge >= 0.3 is 12.0 Å². The van der Waals surface area contributed by atoms with Crippen molar-refractivity contribution in [2.24, 2.45) is 0 Å². The Morgan fingerprint density at radius 1 is 1.33 bits per heavy atom. The fourth-order valence-corrected chi connectivity index (χ4v) is 1.55. The number of aliphatic hydroxyl groups is 1.